The van der Waals surface area contributed by atoms with Gasteiger partial charge in [-0.15, -0.1) is 0 Å². The Bertz CT molecular complexity index is 2460. The van der Waals surface area contributed by atoms with Crippen molar-refractivity contribution in [2.24, 2.45) is 0 Å². The van der Waals surface area contributed by atoms with Crippen LogP contribution in [0.5, 0.6) is 0 Å². The monoisotopic (exact) mass is 714 g/mol. The first-order chi connectivity index (χ1) is 27.0. The Hall–Kier alpha value is -5.93. The summed E-state index contributed by atoms with van der Waals surface area (Å²) < 4.78 is 0. The largest absolute Gasteiger partial charge is 0.334 e. The van der Waals surface area contributed by atoms with Crippen LogP contribution in [0.25, 0.3) is 16.7 Å². The molecule has 1 aliphatic heterocycles. The molecule has 0 radical (unpaired) electrons. The number of benzene rings is 5. The minimum atomic E-state index is -0.0686. The van der Waals surface area contributed by atoms with Gasteiger partial charge in [-0.25, -0.2) is 0 Å². The molecule has 0 bridgehead atoms. The summed E-state index contributed by atoms with van der Waals surface area (Å²) in [6, 6.07) is 43.8. The Labute approximate surface area is 325 Å². The fourth-order valence-corrected chi connectivity index (χ4v) is 10.0. The molecule has 4 aliphatic carbocycles. The van der Waals surface area contributed by atoms with Gasteiger partial charge in [-0.1, -0.05) is 153 Å². The SMILES string of the molecule is CC1(C)c2ccccc2-c2c(N(C3=CCC(c4ccccc4)C=C3)C3C=CC(c4ccc(N5C(=O)c6ccccc6C6CCC=CC65)cc4)=CC3)cccc21. The van der Waals surface area contributed by atoms with Gasteiger partial charge in [-0.2, -0.15) is 0 Å². The number of rotatable bonds is 6. The van der Waals surface area contributed by atoms with Crippen molar-refractivity contribution in [3.8, 4) is 11.1 Å². The fourth-order valence-electron chi connectivity index (χ4n) is 10.0. The summed E-state index contributed by atoms with van der Waals surface area (Å²) in [5.74, 6) is 0.793. The van der Waals surface area contributed by atoms with E-state index in [0.717, 1.165) is 36.9 Å². The standard InChI is InChI=1S/C52H46N2O/c1-52(2)46-19-10-8-18-45(46)50-47(52)20-12-22-49(50)53(39-29-23-36(24-30-39)35-13-4-3-5-14-35)40-31-25-37(26-32-40)38-27-33-41(34-28-38)54-48-21-11-9-16-43(48)42-15-6-7-17-44(42)51(54)55/h3-8,10-15,17-23,25-31,33-34,36,40,43,48H,9,16,24,32H2,1-2H3. The number of carbonyl (C=O) groups excluding carboxylic acids is 1. The van der Waals surface area contributed by atoms with Gasteiger partial charge in [0.25, 0.3) is 5.91 Å². The summed E-state index contributed by atoms with van der Waals surface area (Å²) in [5, 5.41) is 0. The summed E-state index contributed by atoms with van der Waals surface area (Å²) in [6.07, 6.45) is 22.7. The molecule has 0 saturated heterocycles. The number of carbonyl (C=O) groups is 1. The molecular formula is C52H46N2O. The molecule has 3 heteroatoms. The van der Waals surface area contributed by atoms with Crippen molar-refractivity contribution in [3.05, 3.63) is 209 Å². The van der Waals surface area contributed by atoms with Crippen LogP contribution in [0, 0.1) is 0 Å². The topological polar surface area (TPSA) is 23.6 Å². The van der Waals surface area contributed by atoms with Crippen LogP contribution >= 0.6 is 0 Å². The zero-order chi connectivity index (χ0) is 37.1. The molecular weight excluding hydrogens is 669 g/mol. The van der Waals surface area contributed by atoms with Crippen LogP contribution in [0.15, 0.2) is 176 Å². The first kappa shape index (κ1) is 33.6. The van der Waals surface area contributed by atoms with Crippen molar-refractivity contribution in [2.45, 2.75) is 68.9 Å². The fraction of sp³-hybridized carbons (Fsp3) is 0.212. The predicted molar refractivity (Wildman–Crippen MR) is 228 cm³/mol. The van der Waals surface area contributed by atoms with Crippen molar-refractivity contribution in [2.75, 3.05) is 9.80 Å². The highest BCUT2D eigenvalue weighted by molar-refractivity contribution is 6.09. The lowest BCUT2D eigenvalue weighted by molar-refractivity contribution is 0.0965. The molecule has 0 aromatic heterocycles. The van der Waals surface area contributed by atoms with E-state index in [-0.39, 0.29) is 23.4 Å². The molecule has 4 atom stereocenters. The van der Waals surface area contributed by atoms with E-state index in [9.17, 15) is 4.79 Å². The molecule has 5 aromatic rings. The van der Waals surface area contributed by atoms with E-state index in [4.69, 9.17) is 0 Å². The zero-order valence-electron chi connectivity index (χ0n) is 31.6. The molecule has 4 unspecified atom stereocenters. The van der Waals surface area contributed by atoms with Crippen LogP contribution in [0.1, 0.15) is 89.5 Å². The lowest BCUT2D eigenvalue weighted by Gasteiger charge is -2.42. The van der Waals surface area contributed by atoms with Crippen molar-refractivity contribution in [3.63, 3.8) is 0 Å². The molecule has 0 fully saturated rings. The van der Waals surface area contributed by atoms with Crippen LogP contribution in [0.4, 0.5) is 11.4 Å². The second-order valence-electron chi connectivity index (χ2n) is 16.2. The van der Waals surface area contributed by atoms with Gasteiger partial charge in [0.05, 0.1) is 12.1 Å². The molecule has 1 heterocycles. The minimum Gasteiger partial charge on any atom is -0.334 e. The van der Waals surface area contributed by atoms with Crippen LogP contribution in [0.3, 0.4) is 0 Å². The molecule has 5 aliphatic rings. The number of amides is 1. The summed E-state index contributed by atoms with van der Waals surface area (Å²) in [4.78, 5) is 18.5. The average molecular weight is 715 g/mol. The third-order valence-electron chi connectivity index (χ3n) is 12.8. The van der Waals surface area contributed by atoms with Crippen LogP contribution in [-0.2, 0) is 5.41 Å². The normalized spacial score (nSPS) is 22.9. The quantitative estimate of drug-likeness (QED) is 0.164. The molecule has 0 N–H and O–H groups in total. The maximum atomic E-state index is 13.9. The maximum absolute atomic E-state index is 13.9. The first-order valence-corrected chi connectivity index (χ1v) is 20.0. The molecule has 270 valence electrons. The van der Waals surface area contributed by atoms with E-state index in [1.54, 1.807) is 0 Å². The van der Waals surface area contributed by atoms with Crippen molar-refractivity contribution in [1.29, 1.82) is 0 Å². The highest BCUT2D eigenvalue weighted by Gasteiger charge is 2.41. The second-order valence-corrected chi connectivity index (χ2v) is 16.2. The maximum Gasteiger partial charge on any atom is 0.259 e. The van der Waals surface area contributed by atoms with E-state index in [1.807, 2.05) is 17.0 Å². The van der Waals surface area contributed by atoms with Gasteiger partial charge in [0.15, 0.2) is 0 Å². The Morgan fingerprint density at radius 3 is 2.24 bits per heavy atom. The third kappa shape index (κ3) is 5.59. The Morgan fingerprint density at radius 2 is 1.45 bits per heavy atom. The summed E-state index contributed by atoms with van der Waals surface area (Å²) in [7, 11) is 0. The van der Waals surface area contributed by atoms with Gasteiger partial charge in [-0.3, -0.25) is 4.79 Å². The molecule has 3 nitrogen and oxygen atoms in total. The first-order valence-electron chi connectivity index (χ1n) is 20.0. The number of anilines is 2. The molecule has 10 rings (SSSR count). The molecule has 0 spiro atoms. The lowest BCUT2D eigenvalue weighted by atomic mass is 9.77. The number of hydrogen-bond donors (Lipinski definition) is 0. The number of fused-ring (bicyclic) bond motifs is 6. The van der Waals surface area contributed by atoms with E-state index in [1.165, 1.54) is 55.9 Å². The minimum absolute atomic E-state index is 0.0469. The van der Waals surface area contributed by atoms with E-state index in [2.05, 4.69) is 177 Å². The average Bonchev–Trinajstić information content (AvgIpc) is 3.48. The number of hydrogen-bond acceptors (Lipinski definition) is 2. The highest BCUT2D eigenvalue weighted by Crippen LogP contribution is 2.53. The van der Waals surface area contributed by atoms with E-state index in [0.29, 0.717) is 11.8 Å². The number of allylic oxidation sites excluding steroid dienone is 6. The van der Waals surface area contributed by atoms with Crippen molar-refractivity contribution < 1.29 is 4.79 Å². The van der Waals surface area contributed by atoms with Gasteiger partial charge in [0, 0.05) is 45.4 Å². The van der Waals surface area contributed by atoms with Crippen molar-refractivity contribution in [1.82, 2.24) is 0 Å². The lowest BCUT2D eigenvalue weighted by Crippen LogP contribution is -2.48. The van der Waals surface area contributed by atoms with Crippen LogP contribution < -0.4 is 9.80 Å². The third-order valence-corrected chi connectivity index (χ3v) is 12.8. The van der Waals surface area contributed by atoms with E-state index >= 15 is 0 Å². The summed E-state index contributed by atoms with van der Waals surface area (Å²) >= 11 is 0. The predicted octanol–water partition coefficient (Wildman–Crippen LogP) is 12.3. The second kappa shape index (κ2) is 13.4. The van der Waals surface area contributed by atoms with Gasteiger partial charge < -0.3 is 9.80 Å². The van der Waals surface area contributed by atoms with E-state index < -0.39 is 0 Å². The zero-order valence-corrected chi connectivity index (χ0v) is 31.6. The Morgan fingerprint density at radius 1 is 0.691 bits per heavy atom. The van der Waals surface area contributed by atoms with Crippen LogP contribution in [-0.4, -0.2) is 18.0 Å². The van der Waals surface area contributed by atoms with Gasteiger partial charge in [-0.05, 0) is 95.0 Å². The molecule has 5 aromatic carbocycles. The van der Waals surface area contributed by atoms with Crippen LogP contribution in [0.2, 0.25) is 0 Å². The van der Waals surface area contributed by atoms with Crippen molar-refractivity contribution >= 4 is 22.9 Å². The molecule has 55 heavy (non-hydrogen) atoms. The van der Waals surface area contributed by atoms with Gasteiger partial charge in [0.2, 0.25) is 0 Å². The van der Waals surface area contributed by atoms with Gasteiger partial charge >= 0.3 is 0 Å². The Balaban J connectivity index is 0.967. The summed E-state index contributed by atoms with van der Waals surface area (Å²) in [6.45, 7) is 4.72. The molecule has 1 amide bonds. The van der Waals surface area contributed by atoms with Gasteiger partial charge in [0.1, 0.15) is 0 Å². The summed E-state index contributed by atoms with van der Waals surface area (Å²) in [5.41, 5.74) is 14.7. The molecule has 0 saturated carbocycles. The Kier molecular flexibility index (Phi) is 8.21. The smallest absolute Gasteiger partial charge is 0.259 e. The number of nitrogens with zero attached hydrogens (tertiary/aromatic N) is 2. The highest BCUT2D eigenvalue weighted by atomic mass is 16.2.